The first-order chi connectivity index (χ1) is 8.69. The molecule has 96 valence electrons. The molecule has 0 spiro atoms. The summed E-state index contributed by atoms with van der Waals surface area (Å²) in [6.07, 6.45) is 6.44. The van der Waals surface area contributed by atoms with Crippen molar-refractivity contribution in [2.45, 2.75) is 39.5 Å². The lowest BCUT2D eigenvalue weighted by atomic mass is 10.1. The molecule has 1 aromatic carbocycles. The predicted molar refractivity (Wildman–Crippen MR) is 74.8 cm³/mol. The van der Waals surface area contributed by atoms with Gasteiger partial charge in [0.05, 0.1) is 18.2 Å². The molecule has 0 heterocycles. The van der Waals surface area contributed by atoms with Crippen LogP contribution < -0.4 is 4.74 Å². The highest BCUT2D eigenvalue weighted by Gasteiger charge is 2.06. The van der Waals surface area contributed by atoms with Crippen molar-refractivity contribution in [2.75, 3.05) is 6.61 Å². The maximum absolute atomic E-state index is 8.88. The van der Waals surface area contributed by atoms with Crippen LogP contribution in [0.25, 0.3) is 0 Å². The van der Waals surface area contributed by atoms with E-state index < -0.39 is 0 Å². The van der Waals surface area contributed by atoms with E-state index >= 15 is 0 Å². The van der Waals surface area contributed by atoms with E-state index in [1.54, 1.807) is 0 Å². The highest BCUT2D eigenvalue weighted by Crippen LogP contribution is 2.24. The largest absolute Gasteiger partial charge is 0.493 e. The van der Waals surface area contributed by atoms with Gasteiger partial charge in [-0.2, -0.15) is 5.26 Å². The van der Waals surface area contributed by atoms with Gasteiger partial charge in [0.25, 0.3) is 0 Å². The Kier molecular flexibility index (Phi) is 6.00. The Hall–Kier alpha value is -1.75. The van der Waals surface area contributed by atoms with Gasteiger partial charge in [0.2, 0.25) is 0 Å². The van der Waals surface area contributed by atoms with Crippen LogP contribution in [0.15, 0.2) is 24.8 Å². The topological polar surface area (TPSA) is 33.0 Å². The number of aryl methyl sites for hydroxylation is 2. The number of hydrogen-bond donors (Lipinski definition) is 0. The van der Waals surface area contributed by atoms with E-state index in [1.807, 2.05) is 32.1 Å². The fraction of sp³-hybridized carbons (Fsp3) is 0.438. The van der Waals surface area contributed by atoms with E-state index in [0.717, 1.165) is 36.3 Å². The Balaban J connectivity index is 2.48. The predicted octanol–water partition coefficient (Wildman–Crippen LogP) is 4.30. The molecule has 0 bridgehead atoms. The number of nitriles is 1. The molecule has 1 aromatic rings. The molecule has 0 aliphatic carbocycles. The average Bonchev–Trinajstić information content (AvgIpc) is 2.35. The fourth-order valence-electron chi connectivity index (χ4n) is 1.98. The number of benzene rings is 1. The third-order valence-electron chi connectivity index (χ3n) is 2.89. The first-order valence-corrected chi connectivity index (χ1v) is 6.44. The molecular weight excluding hydrogens is 222 g/mol. The quantitative estimate of drug-likeness (QED) is 0.528. The van der Waals surface area contributed by atoms with Crippen LogP contribution in [-0.4, -0.2) is 6.61 Å². The highest BCUT2D eigenvalue weighted by atomic mass is 16.5. The summed E-state index contributed by atoms with van der Waals surface area (Å²) in [5, 5.41) is 8.88. The van der Waals surface area contributed by atoms with Crippen molar-refractivity contribution in [1.29, 1.82) is 5.26 Å². The zero-order valence-corrected chi connectivity index (χ0v) is 11.3. The number of rotatable bonds is 7. The van der Waals surface area contributed by atoms with Crippen molar-refractivity contribution < 1.29 is 4.74 Å². The molecule has 2 nitrogen and oxygen atoms in total. The number of unbranched alkanes of at least 4 members (excludes halogenated alkanes) is 3. The number of ether oxygens (including phenoxy) is 1. The molecule has 0 saturated carbocycles. The second-order valence-corrected chi connectivity index (χ2v) is 4.54. The third kappa shape index (κ3) is 4.25. The van der Waals surface area contributed by atoms with Gasteiger partial charge in [-0.05, 0) is 62.8 Å². The highest BCUT2D eigenvalue weighted by molar-refractivity contribution is 5.47. The van der Waals surface area contributed by atoms with Crippen LogP contribution in [0.4, 0.5) is 0 Å². The molecule has 18 heavy (non-hydrogen) atoms. The number of hydrogen-bond acceptors (Lipinski definition) is 2. The molecule has 0 amide bonds. The number of allylic oxidation sites excluding steroid dienone is 1. The maximum Gasteiger partial charge on any atom is 0.125 e. The van der Waals surface area contributed by atoms with Crippen LogP contribution in [0.2, 0.25) is 0 Å². The van der Waals surface area contributed by atoms with Gasteiger partial charge in [0.1, 0.15) is 5.75 Å². The zero-order chi connectivity index (χ0) is 13.4. The van der Waals surface area contributed by atoms with Crippen LogP contribution in [0, 0.1) is 25.2 Å². The molecule has 0 aromatic heterocycles. The van der Waals surface area contributed by atoms with E-state index in [9.17, 15) is 0 Å². The number of nitrogens with zero attached hydrogens (tertiary/aromatic N) is 1. The molecule has 0 unspecified atom stereocenters. The summed E-state index contributed by atoms with van der Waals surface area (Å²) >= 11 is 0. The third-order valence-corrected chi connectivity index (χ3v) is 2.89. The molecule has 0 atom stereocenters. The van der Waals surface area contributed by atoms with Gasteiger partial charge >= 0.3 is 0 Å². The van der Waals surface area contributed by atoms with E-state index in [0.29, 0.717) is 5.56 Å². The van der Waals surface area contributed by atoms with Gasteiger partial charge in [-0.15, -0.1) is 6.58 Å². The Bertz CT molecular complexity index is 420. The molecule has 0 N–H and O–H groups in total. The van der Waals surface area contributed by atoms with Crippen LogP contribution in [0.3, 0.4) is 0 Å². The van der Waals surface area contributed by atoms with E-state index in [4.69, 9.17) is 10.00 Å². The summed E-state index contributed by atoms with van der Waals surface area (Å²) < 4.78 is 5.81. The average molecular weight is 243 g/mol. The molecular formula is C16H21NO. The van der Waals surface area contributed by atoms with E-state index in [2.05, 4.69) is 12.6 Å². The molecule has 0 aliphatic rings. The molecule has 0 fully saturated rings. The summed E-state index contributed by atoms with van der Waals surface area (Å²) in [5.41, 5.74) is 2.78. The van der Waals surface area contributed by atoms with Crippen molar-refractivity contribution in [3.8, 4) is 11.8 Å². The van der Waals surface area contributed by atoms with Crippen LogP contribution in [0.5, 0.6) is 5.75 Å². The van der Waals surface area contributed by atoms with Crippen molar-refractivity contribution in [3.05, 3.63) is 41.5 Å². The van der Waals surface area contributed by atoms with Gasteiger partial charge in [-0.25, -0.2) is 0 Å². The Labute approximate surface area is 110 Å². The van der Waals surface area contributed by atoms with Gasteiger partial charge in [0.15, 0.2) is 0 Å². The lowest BCUT2D eigenvalue weighted by Gasteiger charge is -2.12. The van der Waals surface area contributed by atoms with Gasteiger partial charge in [0, 0.05) is 0 Å². The van der Waals surface area contributed by atoms with Crippen LogP contribution >= 0.6 is 0 Å². The smallest absolute Gasteiger partial charge is 0.125 e. The molecule has 0 radical (unpaired) electrons. The Morgan fingerprint density at radius 1 is 1.22 bits per heavy atom. The van der Waals surface area contributed by atoms with Crippen molar-refractivity contribution in [3.63, 3.8) is 0 Å². The molecule has 0 aliphatic heterocycles. The standard InChI is InChI=1S/C16H21NO/c1-4-5-6-7-8-9-18-16-13(2)10-15(12-17)11-14(16)3/h4,10-11H,1,5-9H2,2-3H3. The van der Waals surface area contributed by atoms with Crippen LogP contribution in [-0.2, 0) is 0 Å². The van der Waals surface area contributed by atoms with E-state index in [1.165, 1.54) is 12.8 Å². The van der Waals surface area contributed by atoms with Gasteiger partial charge in [-0.1, -0.05) is 6.08 Å². The molecule has 2 heteroatoms. The summed E-state index contributed by atoms with van der Waals surface area (Å²) in [6, 6.07) is 5.91. The minimum absolute atomic E-state index is 0.698. The SMILES string of the molecule is C=CCCCCCOc1c(C)cc(C#N)cc1C. The summed E-state index contributed by atoms with van der Waals surface area (Å²) in [5.74, 6) is 0.928. The van der Waals surface area contributed by atoms with Crippen molar-refractivity contribution in [1.82, 2.24) is 0 Å². The second-order valence-electron chi connectivity index (χ2n) is 4.54. The monoisotopic (exact) mass is 243 g/mol. The summed E-state index contributed by atoms with van der Waals surface area (Å²) in [4.78, 5) is 0. The minimum atomic E-state index is 0.698. The normalized spacial score (nSPS) is 9.83. The van der Waals surface area contributed by atoms with E-state index in [-0.39, 0.29) is 0 Å². The Morgan fingerprint density at radius 3 is 2.44 bits per heavy atom. The van der Waals surface area contributed by atoms with Gasteiger partial charge in [-0.3, -0.25) is 0 Å². The first-order valence-electron chi connectivity index (χ1n) is 6.44. The zero-order valence-electron chi connectivity index (χ0n) is 11.3. The summed E-state index contributed by atoms with van der Waals surface area (Å²) in [6.45, 7) is 8.42. The fourth-order valence-corrected chi connectivity index (χ4v) is 1.98. The maximum atomic E-state index is 8.88. The van der Waals surface area contributed by atoms with Crippen molar-refractivity contribution in [2.24, 2.45) is 0 Å². The summed E-state index contributed by atoms with van der Waals surface area (Å²) in [7, 11) is 0. The lowest BCUT2D eigenvalue weighted by molar-refractivity contribution is 0.301. The second kappa shape index (κ2) is 7.55. The van der Waals surface area contributed by atoms with Gasteiger partial charge < -0.3 is 4.74 Å². The molecule has 1 rings (SSSR count). The lowest BCUT2D eigenvalue weighted by Crippen LogP contribution is -2.01. The van der Waals surface area contributed by atoms with Crippen molar-refractivity contribution >= 4 is 0 Å². The Morgan fingerprint density at radius 2 is 1.89 bits per heavy atom. The first kappa shape index (κ1) is 14.3. The van der Waals surface area contributed by atoms with Crippen LogP contribution in [0.1, 0.15) is 42.4 Å². The molecule has 0 saturated heterocycles. The minimum Gasteiger partial charge on any atom is -0.493 e.